The monoisotopic (exact) mass is 413 g/mol. The van der Waals surface area contributed by atoms with Crippen LogP contribution in [0.5, 0.6) is 0 Å². The van der Waals surface area contributed by atoms with Gasteiger partial charge in [0.1, 0.15) is 5.52 Å². The first-order valence-corrected chi connectivity index (χ1v) is 10.9. The average molecular weight is 414 g/mol. The van der Waals surface area contributed by atoms with Gasteiger partial charge in [-0.2, -0.15) is 4.98 Å². The van der Waals surface area contributed by atoms with Gasteiger partial charge in [0, 0.05) is 39.8 Å². The molecule has 1 N–H and O–H groups in total. The van der Waals surface area contributed by atoms with E-state index in [4.69, 9.17) is 4.42 Å². The van der Waals surface area contributed by atoms with E-state index in [1.54, 1.807) is 19.0 Å². The fraction of sp³-hybridized carbons (Fsp3) is 0.591. The second kappa shape index (κ2) is 9.04. The van der Waals surface area contributed by atoms with Crippen LogP contribution in [0.4, 0.5) is 6.01 Å². The molecule has 2 aromatic rings. The summed E-state index contributed by atoms with van der Waals surface area (Å²) in [4.78, 5) is 35.3. The lowest BCUT2D eigenvalue weighted by atomic mass is 9.93. The number of hydrogen-bond acceptors (Lipinski definition) is 6. The van der Waals surface area contributed by atoms with E-state index in [1.165, 1.54) is 0 Å². The Morgan fingerprint density at radius 3 is 2.70 bits per heavy atom. The van der Waals surface area contributed by atoms with Crippen molar-refractivity contribution in [2.45, 2.75) is 31.7 Å². The summed E-state index contributed by atoms with van der Waals surface area (Å²) in [6, 6.07) is 9.04. The highest BCUT2D eigenvalue weighted by Crippen LogP contribution is 2.28. The summed E-state index contributed by atoms with van der Waals surface area (Å²) in [5.74, 6) is -0.0826. The van der Waals surface area contributed by atoms with E-state index >= 15 is 0 Å². The number of likely N-dealkylation sites (tertiary alicyclic amines) is 1. The Balaban J connectivity index is 1.32. The number of hydrogen-bond donors (Lipinski definition) is 1. The quantitative estimate of drug-likeness (QED) is 0.804. The molecule has 162 valence electrons. The zero-order valence-corrected chi connectivity index (χ0v) is 17.8. The molecule has 30 heavy (non-hydrogen) atoms. The fourth-order valence-electron chi connectivity index (χ4n) is 4.64. The maximum Gasteiger partial charge on any atom is 0.298 e. The van der Waals surface area contributed by atoms with Crippen molar-refractivity contribution in [3.63, 3.8) is 0 Å². The summed E-state index contributed by atoms with van der Waals surface area (Å²) >= 11 is 0. The Morgan fingerprint density at radius 2 is 1.97 bits per heavy atom. The van der Waals surface area contributed by atoms with E-state index < -0.39 is 0 Å². The summed E-state index contributed by atoms with van der Waals surface area (Å²) in [6.45, 7) is 3.75. The lowest BCUT2D eigenvalue weighted by Crippen LogP contribution is -2.51. The number of rotatable bonds is 5. The molecule has 2 aliphatic heterocycles. The Hall–Kier alpha value is -2.61. The molecule has 8 heteroatoms. The first kappa shape index (κ1) is 20.7. The van der Waals surface area contributed by atoms with Gasteiger partial charge in [0.2, 0.25) is 11.8 Å². The van der Waals surface area contributed by atoms with Crippen LogP contribution in [0.3, 0.4) is 0 Å². The van der Waals surface area contributed by atoms with Crippen molar-refractivity contribution in [2.75, 3.05) is 51.7 Å². The number of para-hydroxylation sites is 2. The number of carbonyl (C=O) groups excluding carboxylic acids is 2. The largest absolute Gasteiger partial charge is 0.423 e. The van der Waals surface area contributed by atoms with Crippen LogP contribution in [-0.4, -0.2) is 79.5 Å². The lowest BCUT2D eigenvalue weighted by Gasteiger charge is -2.42. The molecule has 0 bridgehead atoms. The Bertz CT molecular complexity index is 857. The van der Waals surface area contributed by atoms with Gasteiger partial charge < -0.3 is 19.5 Å². The average Bonchev–Trinajstić information content (AvgIpc) is 3.23. The molecule has 0 radical (unpaired) electrons. The molecule has 1 aromatic heterocycles. The molecular formula is C22H31N5O3. The molecule has 0 spiro atoms. The van der Waals surface area contributed by atoms with E-state index in [0.717, 1.165) is 63.0 Å². The number of aromatic nitrogens is 1. The molecule has 0 saturated carbocycles. The minimum absolute atomic E-state index is 0.0246. The number of amides is 2. The van der Waals surface area contributed by atoms with Gasteiger partial charge in [0.25, 0.3) is 6.01 Å². The summed E-state index contributed by atoms with van der Waals surface area (Å²) in [6.07, 6.45) is 3.99. The number of nitrogens with zero attached hydrogens (tertiary/aromatic N) is 4. The number of carbonyl (C=O) groups is 2. The molecule has 0 unspecified atom stereocenters. The Kier molecular flexibility index (Phi) is 6.22. The van der Waals surface area contributed by atoms with Crippen molar-refractivity contribution in [3.05, 3.63) is 24.3 Å². The minimum Gasteiger partial charge on any atom is -0.423 e. The van der Waals surface area contributed by atoms with Gasteiger partial charge in [-0.05, 0) is 44.4 Å². The molecule has 2 saturated heterocycles. The van der Waals surface area contributed by atoms with E-state index in [-0.39, 0.29) is 24.3 Å². The predicted octanol–water partition coefficient (Wildman–Crippen LogP) is 1.71. The smallest absolute Gasteiger partial charge is 0.298 e. The molecule has 1 atom stereocenters. The first-order valence-electron chi connectivity index (χ1n) is 10.9. The third kappa shape index (κ3) is 4.43. The number of benzene rings is 1. The first-order chi connectivity index (χ1) is 14.5. The number of oxazole rings is 1. The summed E-state index contributed by atoms with van der Waals surface area (Å²) in [5.41, 5.74) is 1.72. The summed E-state index contributed by atoms with van der Waals surface area (Å²) < 4.78 is 5.92. The number of anilines is 1. The van der Waals surface area contributed by atoms with Crippen LogP contribution in [-0.2, 0) is 9.59 Å². The summed E-state index contributed by atoms with van der Waals surface area (Å²) in [5, 5.41) is 2.58. The molecule has 0 aliphatic carbocycles. The maximum atomic E-state index is 12.8. The summed E-state index contributed by atoms with van der Waals surface area (Å²) in [7, 11) is 3.31. The highest BCUT2D eigenvalue weighted by molar-refractivity contribution is 5.85. The molecular weight excluding hydrogens is 382 g/mol. The van der Waals surface area contributed by atoms with Crippen molar-refractivity contribution in [1.82, 2.24) is 20.1 Å². The van der Waals surface area contributed by atoms with Crippen molar-refractivity contribution in [3.8, 4) is 0 Å². The molecule has 3 heterocycles. The van der Waals surface area contributed by atoms with Crippen LogP contribution in [0, 0.1) is 5.92 Å². The van der Waals surface area contributed by atoms with Crippen molar-refractivity contribution < 1.29 is 14.0 Å². The predicted molar refractivity (Wildman–Crippen MR) is 115 cm³/mol. The van der Waals surface area contributed by atoms with E-state index in [0.29, 0.717) is 12.1 Å². The maximum absolute atomic E-state index is 12.8. The molecule has 4 rings (SSSR count). The van der Waals surface area contributed by atoms with Gasteiger partial charge in [-0.3, -0.25) is 14.5 Å². The normalized spacial score (nSPS) is 21.0. The number of likely N-dealkylation sites (N-methyl/N-ethyl adjacent to an activating group) is 2. The second-order valence-corrected chi connectivity index (χ2v) is 8.38. The molecule has 2 fully saturated rings. The third-order valence-electron chi connectivity index (χ3n) is 6.37. The van der Waals surface area contributed by atoms with Crippen LogP contribution in [0.2, 0.25) is 0 Å². The van der Waals surface area contributed by atoms with Gasteiger partial charge in [-0.1, -0.05) is 12.1 Å². The molecule has 2 amide bonds. The SMILES string of the molecule is CNC(=O)CN(C)C(=O)[C@H]1CCCN(C2CCN(c3nc4ccccc4o3)CC2)C1. The van der Waals surface area contributed by atoms with Gasteiger partial charge >= 0.3 is 0 Å². The topological polar surface area (TPSA) is 81.9 Å². The van der Waals surface area contributed by atoms with Crippen LogP contribution < -0.4 is 10.2 Å². The van der Waals surface area contributed by atoms with Crippen LogP contribution in [0.15, 0.2) is 28.7 Å². The number of piperidine rings is 2. The Labute approximate surface area is 177 Å². The standard InChI is InChI=1S/C22H31N5O3/c1-23-20(28)15-25(2)21(29)16-6-5-11-27(14-16)17-9-12-26(13-10-17)22-24-18-7-3-4-8-19(18)30-22/h3-4,7-8,16-17H,5-6,9-15H2,1-2H3,(H,23,28)/t16-/m0/s1. The van der Waals surface area contributed by atoms with Gasteiger partial charge in [-0.25, -0.2) is 0 Å². The second-order valence-electron chi connectivity index (χ2n) is 8.38. The van der Waals surface area contributed by atoms with Crippen molar-refractivity contribution in [1.29, 1.82) is 0 Å². The van der Waals surface area contributed by atoms with E-state index in [2.05, 4.69) is 20.1 Å². The molecule has 8 nitrogen and oxygen atoms in total. The zero-order chi connectivity index (χ0) is 21.1. The highest BCUT2D eigenvalue weighted by Gasteiger charge is 2.33. The lowest BCUT2D eigenvalue weighted by molar-refractivity contribution is -0.139. The van der Waals surface area contributed by atoms with E-state index in [9.17, 15) is 9.59 Å². The third-order valence-corrected chi connectivity index (χ3v) is 6.37. The van der Waals surface area contributed by atoms with Crippen molar-refractivity contribution >= 4 is 28.9 Å². The van der Waals surface area contributed by atoms with E-state index in [1.807, 2.05) is 24.3 Å². The van der Waals surface area contributed by atoms with Crippen molar-refractivity contribution in [2.24, 2.45) is 5.92 Å². The van der Waals surface area contributed by atoms with Gasteiger partial charge in [0.05, 0.1) is 12.5 Å². The van der Waals surface area contributed by atoms with Gasteiger partial charge in [0.15, 0.2) is 5.58 Å². The zero-order valence-electron chi connectivity index (χ0n) is 17.8. The number of fused-ring (bicyclic) bond motifs is 1. The number of nitrogens with one attached hydrogen (secondary N) is 1. The fourth-order valence-corrected chi connectivity index (χ4v) is 4.64. The molecule has 1 aromatic carbocycles. The van der Waals surface area contributed by atoms with Gasteiger partial charge in [-0.15, -0.1) is 0 Å². The minimum atomic E-state index is -0.134. The van der Waals surface area contributed by atoms with Crippen LogP contribution in [0.25, 0.3) is 11.1 Å². The highest BCUT2D eigenvalue weighted by atomic mass is 16.4. The Morgan fingerprint density at radius 1 is 1.20 bits per heavy atom. The van der Waals surface area contributed by atoms with Crippen LogP contribution in [0.1, 0.15) is 25.7 Å². The molecule has 2 aliphatic rings. The van der Waals surface area contributed by atoms with Crippen LogP contribution >= 0.6 is 0 Å².